The summed E-state index contributed by atoms with van der Waals surface area (Å²) in [6, 6.07) is 11.1. The molecule has 1 atom stereocenters. The highest BCUT2D eigenvalue weighted by atomic mass is 16.2. The van der Waals surface area contributed by atoms with Gasteiger partial charge in [0.25, 0.3) is 0 Å². The van der Waals surface area contributed by atoms with E-state index in [-0.39, 0.29) is 6.03 Å². The molecule has 4 heteroatoms. The van der Waals surface area contributed by atoms with Crippen molar-refractivity contribution in [2.75, 3.05) is 13.1 Å². The van der Waals surface area contributed by atoms with Gasteiger partial charge in [0, 0.05) is 25.2 Å². The maximum atomic E-state index is 12.4. The fourth-order valence-corrected chi connectivity index (χ4v) is 2.81. The van der Waals surface area contributed by atoms with Crippen molar-refractivity contribution in [1.82, 2.24) is 15.5 Å². The highest BCUT2D eigenvalue weighted by molar-refractivity contribution is 5.75. The molecule has 4 nitrogen and oxygen atoms in total. The molecule has 2 fully saturated rings. The monoisotopic (exact) mass is 273 g/mol. The van der Waals surface area contributed by atoms with Crippen molar-refractivity contribution in [3.8, 4) is 0 Å². The Bertz CT molecular complexity index is 438. The second kappa shape index (κ2) is 6.27. The van der Waals surface area contributed by atoms with Gasteiger partial charge in [0.15, 0.2) is 0 Å². The molecule has 1 aliphatic carbocycles. The van der Waals surface area contributed by atoms with E-state index in [1.807, 2.05) is 35.2 Å². The van der Waals surface area contributed by atoms with E-state index in [9.17, 15) is 4.79 Å². The largest absolute Gasteiger partial charge is 0.334 e. The average Bonchev–Trinajstić information content (AvgIpc) is 3.20. The fourth-order valence-electron chi connectivity index (χ4n) is 2.81. The van der Waals surface area contributed by atoms with Gasteiger partial charge < -0.3 is 15.5 Å². The minimum Gasteiger partial charge on any atom is -0.334 e. The van der Waals surface area contributed by atoms with Crippen molar-refractivity contribution in [1.29, 1.82) is 0 Å². The van der Waals surface area contributed by atoms with E-state index in [2.05, 4.69) is 10.6 Å². The summed E-state index contributed by atoms with van der Waals surface area (Å²) in [7, 11) is 0. The van der Waals surface area contributed by atoms with E-state index in [0.717, 1.165) is 31.5 Å². The van der Waals surface area contributed by atoms with Crippen LogP contribution in [0.25, 0.3) is 0 Å². The topological polar surface area (TPSA) is 44.4 Å². The summed E-state index contributed by atoms with van der Waals surface area (Å²) in [6.07, 6.45) is 4.74. The highest BCUT2D eigenvalue weighted by Gasteiger charge is 2.34. The van der Waals surface area contributed by atoms with Gasteiger partial charge in [0.2, 0.25) is 0 Å². The Labute approximate surface area is 120 Å². The molecule has 1 aromatic carbocycles. The molecule has 0 aromatic heterocycles. The summed E-state index contributed by atoms with van der Waals surface area (Å²) in [5.74, 6) is 0. The molecule has 0 radical (unpaired) electrons. The molecule has 1 aromatic rings. The van der Waals surface area contributed by atoms with Crippen LogP contribution in [0.5, 0.6) is 0 Å². The zero-order chi connectivity index (χ0) is 13.8. The second-order valence-corrected chi connectivity index (χ2v) is 5.82. The van der Waals surface area contributed by atoms with Crippen LogP contribution in [0.4, 0.5) is 4.79 Å². The lowest BCUT2D eigenvalue weighted by Crippen LogP contribution is -2.46. The lowest BCUT2D eigenvalue weighted by molar-refractivity contribution is 0.188. The first kappa shape index (κ1) is 13.4. The Morgan fingerprint density at radius 1 is 1.25 bits per heavy atom. The zero-order valence-electron chi connectivity index (χ0n) is 11.8. The first-order valence-corrected chi connectivity index (χ1v) is 7.65. The van der Waals surface area contributed by atoms with E-state index >= 15 is 0 Å². The predicted octanol–water partition coefficient (Wildman–Crippen LogP) is 2.11. The third-order valence-electron chi connectivity index (χ3n) is 4.11. The molecule has 1 aliphatic heterocycles. The van der Waals surface area contributed by atoms with Crippen molar-refractivity contribution in [2.45, 2.75) is 44.3 Å². The van der Waals surface area contributed by atoms with Crippen LogP contribution < -0.4 is 10.6 Å². The summed E-state index contributed by atoms with van der Waals surface area (Å²) >= 11 is 0. The van der Waals surface area contributed by atoms with Gasteiger partial charge in [-0.2, -0.15) is 0 Å². The Hall–Kier alpha value is -1.55. The van der Waals surface area contributed by atoms with Crippen molar-refractivity contribution in [3.63, 3.8) is 0 Å². The van der Waals surface area contributed by atoms with Crippen LogP contribution in [0, 0.1) is 0 Å². The molecule has 0 bridgehead atoms. The van der Waals surface area contributed by atoms with Crippen molar-refractivity contribution in [2.24, 2.45) is 0 Å². The number of carbonyl (C=O) groups is 1. The Kier molecular flexibility index (Phi) is 4.21. The van der Waals surface area contributed by atoms with Crippen LogP contribution in [0.3, 0.4) is 0 Å². The van der Waals surface area contributed by atoms with Crippen molar-refractivity contribution >= 4 is 6.03 Å². The number of carbonyl (C=O) groups excluding carboxylic acids is 1. The van der Waals surface area contributed by atoms with Crippen LogP contribution >= 0.6 is 0 Å². The molecule has 2 aliphatic rings. The summed E-state index contributed by atoms with van der Waals surface area (Å²) in [5, 5.41) is 6.53. The van der Waals surface area contributed by atoms with Crippen molar-refractivity contribution in [3.05, 3.63) is 35.9 Å². The summed E-state index contributed by atoms with van der Waals surface area (Å²) in [4.78, 5) is 14.4. The van der Waals surface area contributed by atoms with Gasteiger partial charge in [-0.05, 0) is 37.8 Å². The zero-order valence-corrected chi connectivity index (χ0v) is 11.8. The lowest BCUT2D eigenvalue weighted by Gasteiger charge is -2.26. The maximum Gasteiger partial charge on any atom is 0.317 e. The van der Waals surface area contributed by atoms with Crippen LogP contribution in [0.2, 0.25) is 0 Å². The van der Waals surface area contributed by atoms with E-state index < -0.39 is 0 Å². The molecule has 20 heavy (non-hydrogen) atoms. The minimum absolute atomic E-state index is 0.0880. The molecule has 2 amide bonds. The third kappa shape index (κ3) is 3.51. The molecule has 0 spiro atoms. The lowest BCUT2D eigenvalue weighted by atomic mass is 10.2. The van der Waals surface area contributed by atoms with Gasteiger partial charge in [-0.15, -0.1) is 0 Å². The number of nitrogens with one attached hydrogen (secondary N) is 2. The van der Waals surface area contributed by atoms with Crippen LogP contribution in [0.1, 0.15) is 31.2 Å². The number of hydrogen-bond donors (Lipinski definition) is 2. The first-order valence-electron chi connectivity index (χ1n) is 7.65. The Balaban J connectivity index is 1.52. The maximum absolute atomic E-state index is 12.4. The van der Waals surface area contributed by atoms with E-state index in [1.165, 1.54) is 12.8 Å². The summed E-state index contributed by atoms with van der Waals surface area (Å²) in [6.45, 7) is 2.56. The Morgan fingerprint density at radius 2 is 2.05 bits per heavy atom. The highest BCUT2D eigenvalue weighted by Crippen LogP contribution is 2.27. The molecule has 3 rings (SSSR count). The van der Waals surface area contributed by atoms with E-state index in [0.29, 0.717) is 18.6 Å². The smallest absolute Gasteiger partial charge is 0.317 e. The quantitative estimate of drug-likeness (QED) is 0.863. The molecule has 108 valence electrons. The normalized spacial score (nSPS) is 21.7. The predicted molar refractivity (Wildman–Crippen MR) is 79.4 cm³/mol. The average molecular weight is 273 g/mol. The van der Waals surface area contributed by atoms with Gasteiger partial charge in [0.1, 0.15) is 0 Å². The number of hydrogen-bond acceptors (Lipinski definition) is 2. The molecular weight excluding hydrogens is 250 g/mol. The summed E-state index contributed by atoms with van der Waals surface area (Å²) in [5.41, 5.74) is 1.15. The number of urea groups is 1. The second-order valence-electron chi connectivity index (χ2n) is 5.82. The first-order chi connectivity index (χ1) is 9.83. The Morgan fingerprint density at radius 3 is 2.70 bits per heavy atom. The number of nitrogens with zero attached hydrogens (tertiary/aromatic N) is 1. The molecular formula is C16H23N3O. The van der Waals surface area contributed by atoms with E-state index in [1.54, 1.807) is 0 Å². The van der Waals surface area contributed by atoms with Crippen LogP contribution in [-0.2, 0) is 6.54 Å². The molecule has 1 unspecified atom stereocenters. The molecule has 1 saturated carbocycles. The van der Waals surface area contributed by atoms with E-state index in [4.69, 9.17) is 0 Å². The van der Waals surface area contributed by atoms with Gasteiger partial charge in [-0.25, -0.2) is 4.79 Å². The number of benzene rings is 1. The summed E-state index contributed by atoms with van der Waals surface area (Å²) < 4.78 is 0. The van der Waals surface area contributed by atoms with Crippen LogP contribution in [-0.4, -0.2) is 36.1 Å². The van der Waals surface area contributed by atoms with Crippen LogP contribution in [0.15, 0.2) is 30.3 Å². The third-order valence-corrected chi connectivity index (χ3v) is 4.11. The minimum atomic E-state index is 0.0880. The SMILES string of the molecule is O=C(NCc1ccccc1)N(CC1CCCN1)C1CC1. The molecule has 1 heterocycles. The van der Waals surface area contributed by atoms with Gasteiger partial charge >= 0.3 is 6.03 Å². The van der Waals surface area contributed by atoms with Crippen molar-refractivity contribution < 1.29 is 4.79 Å². The number of amides is 2. The number of rotatable bonds is 5. The van der Waals surface area contributed by atoms with Gasteiger partial charge in [0.05, 0.1) is 0 Å². The standard InChI is InChI=1S/C16H23N3O/c20-16(18-11-13-5-2-1-3-6-13)19(15-8-9-15)12-14-7-4-10-17-14/h1-3,5-6,14-15,17H,4,7-12H2,(H,18,20). The van der Waals surface area contributed by atoms with Gasteiger partial charge in [-0.1, -0.05) is 30.3 Å². The molecule has 1 saturated heterocycles. The molecule has 2 N–H and O–H groups in total. The van der Waals surface area contributed by atoms with Gasteiger partial charge in [-0.3, -0.25) is 0 Å². The fraction of sp³-hybridized carbons (Fsp3) is 0.562.